The topological polar surface area (TPSA) is 225 Å². The molecule has 12 nitrogen and oxygen atoms in total. The second kappa shape index (κ2) is 28.0. The highest BCUT2D eigenvalue weighted by atomic mass is 16.5. The summed E-state index contributed by atoms with van der Waals surface area (Å²) in [6, 6.07) is -0.544. The number of amides is 3. The molecule has 0 radical (unpaired) electrons. The van der Waals surface area contributed by atoms with Crippen LogP contribution in [0.15, 0.2) is 0 Å². The number of aliphatic hydroxyl groups is 1. The Hall–Kier alpha value is -2.57. The fraction of sp³-hybridized carbons (Fsp3) is 0.800. The molecule has 0 bridgehead atoms. The molecule has 0 aromatic carbocycles. The maximum atomic E-state index is 10.9. The number of carboxylic acid groups (broad SMARTS) is 1. The van der Waals surface area contributed by atoms with Crippen LogP contribution in [-0.4, -0.2) is 71.1 Å². The molecule has 0 fully saturated rings. The third kappa shape index (κ3) is 55.3. The number of carbonyl (C=O) groups excluding carboxylic acids is 4. The Morgan fingerprint density at radius 3 is 1.57 bits per heavy atom. The summed E-state index contributed by atoms with van der Waals surface area (Å²) in [5.74, 6) is -1.51. The summed E-state index contributed by atoms with van der Waals surface area (Å²) >= 11 is 0. The molecule has 0 rings (SSSR count). The molecule has 2 atom stereocenters. The molecule has 0 aliphatic heterocycles. The van der Waals surface area contributed by atoms with E-state index in [9.17, 15) is 24.0 Å². The molecule has 0 spiro atoms. The van der Waals surface area contributed by atoms with Gasteiger partial charge in [-0.15, -0.1) is 0 Å². The van der Waals surface area contributed by atoms with Gasteiger partial charge >= 0.3 is 5.97 Å². The number of Topliss-reactive ketones (excluding diaryl/α,β-unsaturated/α-hetero) is 1. The average Bonchev–Trinajstić information content (AvgIpc) is 2.74. The Bertz CT molecular complexity index is 617. The van der Waals surface area contributed by atoms with Crippen molar-refractivity contribution < 1.29 is 38.9 Å². The van der Waals surface area contributed by atoms with Gasteiger partial charge in [0.15, 0.2) is 0 Å². The van der Waals surface area contributed by atoms with Crippen molar-refractivity contribution in [2.75, 3.05) is 13.7 Å². The first-order valence-electron chi connectivity index (χ1n) is 12.2. The predicted octanol–water partition coefficient (Wildman–Crippen LogP) is 1.49. The Balaban J connectivity index is -0.000000123. The SMILES string of the molecule is CC(C)O.CC(N)=O.CCC(=O)NC(C(N)=O)C(C)C.CCC(C)(N)CCC(=O)O.COCCC(C)=O. The van der Waals surface area contributed by atoms with Gasteiger partial charge in [-0.3, -0.25) is 24.0 Å². The van der Waals surface area contributed by atoms with Crippen molar-refractivity contribution in [2.45, 2.75) is 112 Å². The lowest BCUT2D eigenvalue weighted by molar-refractivity contribution is -0.137. The predicted molar refractivity (Wildman–Crippen MR) is 145 cm³/mol. The fourth-order valence-corrected chi connectivity index (χ4v) is 1.66. The number of carboxylic acids is 1. The molecule has 0 saturated heterocycles. The van der Waals surface area contributed by atoms with Crippen LogP contribution in [0.5, 0.6) is 0 Å². The molecule has 0 saturated carbocycles. The van der Waals surface area contributed by atoms with Crippen LogP contribution in [0.1, 0.15) is 94.4 Å². The number of primary amides is 2. The largest absolute Gasteiger partial charge is 0.481 e. The van der Waals surface area contributed by atoms with Crippen LogP contribution >= 0.6 is 0 Å². The van der Waals surface area contributed by atoms with E-state index < -0.39 is 17.9 Å². The van der Waals surface area contributed by atoms with Gasteiger partial charge in [0, 0.05) is 44.9 Å². The van der Waals surface area contributed by atoms with Gasteiger partial charge in [0.25, 0.3) is 0 Å². The lowest BCUT2D eigenvalue weighted by Gasteiger charge is -2.20. The number of methoxy groups -OCH3 is 1. The number of hydrogen-bond donors (Lipinski definition) is 6. The van der Waals surface area contributed by atoms with Gasteiger partial charge in [-0.25, -0.2) is 0 Å². The van der Waals surface area contributed by atoms with E-state index in [1.807, 2.05) is 27.7 Å². The molecule has 2 unspecified atom stereocenters. The second-order valence-electron chi connectivity index (χ2n) is 9.10. The van der Waals surface area contributed by atoms with Crippen molar-refractivity contribution in [2.24, 2.45) is 23.1 Å². The number of ketones is 1. The van der Waals surface area contributed by atoms with Crippen molar-refractivity contribution in [3.05, 3.63) is 0 Å². The first-order valence-corrected chi connectivity index (χ1v) is 12.2. The number of aliphatic hydroxyl groups excluding tert-OH is 1. The zero-order valence-electron chi connectivity index (χ0n) is 24.6. The Kier molecular flexibility index (Phi) is 33.6. The lowest BCUT2D eigenvalue weighted by Crippen LogP contribution is -2.47. The average molecular weight is 539 g/mol. The minimum atomic E-state index is -0.773. The molecule has 9 N–H and O–H groups in total. The molecule has 37 heavy (non-hydrogen) atoms. The Morgan fingerprint density at radius 1 is 0.973 bits per heavy atom. The maximum absolute atomic E-state index is 10.9. The molecule has 0 aromatic heterocycles. The number of rotatable bonds is 11. The zero-order chi connectivity index (χ0) is 30.8. The van der Waals surface area contributed by atoms with Crippen LogP contribution in [0.2, 0.25) is 0 Å². The van der Waals surface area contributed by atoms with Crippen LogP contribution in [0.25, 0.3) is 0 Å². The summed E-state index contributed by atoms with van der Waals surface area (Å²) in [6.45, 7) is 16.1. The first-order chi connectivity index (χ1) is 16.7. The van der Waals surface area contributed by atoms with E-state index in [0.29, 0.717) is 25.9 Å². The highest BCUT2D eigenvalue weighted by molar-refractivity contribution is 5.86. The summed E-state index contributed by atoms with van der Waals surface area (Å²) < 4.78 is 4.63. The quantitative estimate of drug-likeness (QED) is 0.224. The maximum Gasteiger partial charge on any atom is 0.303 e. The minimum absolute atomic E-state index is 0.0398. The summed E-state index contributed by atoms with van der Waals surface area (Å²) in [7, 11) is 1.59. The van der Waals surface area contributed by atoms with Gasteiger partial charge in [0.2, 0.25) is 17.7 Å². The van der Waals surface area contributed by atoms with Crippen molar-refractivity contribution in [1.82, 2.24) is 5.32 Å². The summed E-state index contributed by atoms with van der Waals surface area (Å²) in [6.07, 6.45) is 2.28. The molecule has 0 aliphatic rings. The van der Waals surface area contributed by atoms with Crippen molar-refractivity contribution in [3.8, 4) is 0 Å². The van der Waals surface area contributed by atoms with Gasteiger partial charge in [0.05, 0.1) is 6.61 Å². The second-order valence-corrected chi connectivity index (χ2v) is 9.10. The van der Waals surface area contributed by atoms with E-state index in [1.165, 1.54) is 6.92 Å². The van der Waals surface area contributed by atoms with E-state index in [-0.39, 0.29) is 41.6 Å². The third-order valence-corrected chi connectivity index (χ3v) is 3.99. The molecule has 3 amide bonds. The number of nitrogens with two attached hydrogens (primary N) is 3. The van der Waals surface area contributed by atoms with Gasteiger partial charge < -0.3 is 37.5 Å². The summed E-state index contributed by atoms with van der Waals surface area (Å²) in [5.41, 5.74) is 15.0. The third-order valence-electron chi connectivity index (χ3n) is 3.99. The van der Waals surface area contributed by atoms with Gasteiger partial charge in [-0.1, -0.05) is 27.7 Å². The van der Waals surface area contributed by atoms with Crippen molar-refractivity contribution >= 4 is 29.5 Å². The molecule has 0 aliphatic carbocycles. The van der Waals surface area contributed by atoms with E-state index in [2.05, 4.69) is 15.8 Å². The standard InChI is InChI=1S/C8H16N2O2.C7H15NO2.C5H10O2.C3H8O.C2H5NO/c1-4-6(11)10-7(5(2)3)8(9)12;1-3-7(2,8)5-4-6(9)10;1-5(6)3-4-7-2;1-3(2)4;1-2(3)4/h5,7H,4H2,1-3H3,(H2,9,12)(H,10,11);3-5,8H2,1-2H3,(H,9,10);3-4H2,1-2H3;3-4H,1-2H3;1H3,(H2,3,4). The smallest absolute Gasteiger partial charge is 0.303 e. The van der Waals surface area contributed by atoms with Crippen LogP contribution in [0.4, 0.5) is 0 Å². The molecule has 12 heteroatoms. The normalized spacial score (nSPS) is 11.8. The molecule has 222 valence electrons. The van der Waals surface area contributed by atoms with E-state index in [0.717, 1.165) is 6.42 Å². The van der Waals surface area contributed by atoms with Crippen LogP contribution in [0.3, 0.4) is 0 Å². The number of nitrogens with one attached hydrogen (secondary N) is 1. The first kappa shape index (κ1) is 44.4. The number of aliphatic carboxylic acids is 1. The van der Waals surface area contributed by atoms with Gasteiger partial charge in [-0.2, -0.15) is 0 Å². The van der Waals surface area contributed by atoms with Crippen LogP contribution in [0, 0.1) is 5.92 Å². The summed E-state index contributed by atoms with van der Waals surface area (Å²) in [5, 5.41) is 18.9. The fourth-order valence-electron chi connectivity index (χ4n) is 1.66. The van der Waals surface area contributed by atoms with E-state index in [4.69, 9.17) is 21.7 Å². The Labute approximate surface area is 223 Å². The van der Waals surface area contributed by atoms with Gasteiger partial charge in [-0.05, 0) is 46.5 Å². The van der Waals surface area contributed by atoms with Crippen LogP contribution < -0.4 is 22.5 Å². The monoisotopic (exact) mass is 538 g/mol. The minimum Gasteiger partial charge on any atom is -0.481 e. The highest BCUT2D eigenvalue weighted by Gasteiger charge is 2.20. The number of carbonyl (C=O) groups is 5. The van der Waals surface area contributed by atoms with Crippen molar-refractivity contribution in [1.29, 1.82) is 0 Å². The molecule has 0 aromatic rings. The highest BCUT2D eigenvalue weighted by Crippen LogP contribution is 2.12. The van der Waals surface area contributed by atoms with Crippen LogP contribution in [-0.2, 0) is 28.7 Å². The molecular formula is C25H54N4O8. The molecular weight excluding hydrogens is 484 g/mol. The molecule has 0 heterocycles. The number of ether oxygens (including phenoxy) is 1. The number of hydrogen-bond acceptors (Lipinski definition) is 8. The summed E-state index contributed by atoms with van der Waals surface area (Å²) in [4.78, 5) is 51.2. The lowest BCUT2D eigenvalue weighted by atomic mass is 9.94. The zero-order valence-corrected chi connectivity index (χ0v) is 24.6. The van der Waals surface area contributed by atoms with Crippen molar-refractivity contribution in [3.63, 3.8) is 0 Å². The van der Waals surface area contributed by atoms with E-state index >= 15 is 0 Å². The van der Waals surface area contributed by atoms with Gasteiger partial charge in [0.1, 0.15) is 11.8 Å². The van der Waals surface area contributed by atoms with E-state index in [1.54, 1.807) is 34.8 Å². The Morgan fingerprint density at radius 2 is 1.38 bits per heavy atom.